The molecule has 0 unspecified atom stereocenters. The molecule has 1 atom stereocenters. The van der Waals surface area contributed by atoms with Gasteiger partial charge in [0.15, 0.2) is 0 Å². The van der Waals surface area contributed by atoms with E-state index in [1.54, 1.807) is 0 Å². The highest BCUT2D eigenvalue weighted by molar-refractivity contribution is 5.36. The van der Waals surface area contributed by atoms with Crippen LogP contribution in [0.25, 0.3) is 0 Å². The van der Waals surface area contributed by atoms with Gasteiger partial charge >= 0.3 is 0 Å². The van der Waals surface area contributed by atoms with Gasteiger partial charge < -0.3 is 10.8 Å². The second kappa shape index (κ2) is 5.53. The Bertz CT molecular complexity index is 384. The monoisotopic (exact) mass is 228 g/mol. The predicted octanol–water partition coefficient (Wildman–Crippen LogP) is 1.51. The molecular weight excluding hydrogens is 215 g/mol. The van der Waals surface area contributed by atoms with E-state index < -0.39 is 16.8 Å². The molecule has 3 N–H and O–H groups in total. The lowest BCUT2D eigenvalue weighted by molar-refractivity contribution is -0.385. The summed E-state index contributed by atoms with van der Waals surface area (Å²) in [4.78, 5) is 9.91. The van der Waals surface area contributed by atoms with E-state index in [1.807, 2.05) is 0 Å². The Kier molecular flexibility index (Phi) is 4.33. The highest BCUT2D eigenvalue weighted by Gasteiger charge is 2.15. The third-order valence-corrected chi connectivity index (χ3v) is 2.26. The second-order valence-electron chi connectivity index (χ2n) is 3.44. The van der Waals surface area contributed by atoms with Gasteiger partial charge in [-0.2, -0.15) is 0 Å². The zero-order valence-corrected chi connectivity index (χ0v) is 8.60. The number of aliphatic hydroxyl groups excluding tert-OH is 1. The largest absolute Gasteiger partial charge is 0.396 e. The number of halogens is 1. The molecule has 0 saturated carbocycles. The molecule has 0 fully saturated rings. The number of aliphatic hydroxyl groups is 1. The fourth-order valence-electron chi connectivity index (χ4n) is 1.40. The number of nitrogens with zero attached hydrogens (tertiary/aromatic N) is 1. The van der Waals surface area contributed by atoms with Crippen LogP contribution in [0.5, 0.6) is 0 Å². The van der Waals surface area contributed by atoms with Crippen LogP contribution >= 0.6 is 0 Å². The molecule has 6 heteroatoms. The SMILES string of the molecule is N[C@@H](CCCO)c1cc([N+](=O)[O-])ccc1F. The molecule has 0 heterocycles. The zero-order chi connectivity index (χ0) is 12.1. The molecule has 0 bridgehead atoms. The van der Waals surface area contributed by atoms with Crippen LogP contribution in [0.3, 0.4) is 0 Å². The summed E-state index contributed by atoms with van der Waals surface area (Å²) in [6.07, 6.45) is 0.817. The summed E-state index contributed by atoms with van der Waals surface area (Å²) in [5, 5.41) is 19.1. The lowest BCUT2D eigenvalue weighted by atomic mass is 10.0. The van der Waals surface area contributed by atoms with E-state index in [-0.39, 0.29) is 17.9 Å². The molecule has 0 aliphatic heterocycles. The van der Waals surface area contributed by atoms with Crippen molar-refractivity contribution in [3.63, 3.8) is 0 Å². The fourth-order valence-corrected chi connectivity index (χ4v) is 1.40. The molecule has 1 aromatic carbocycles. The first-order valence-corrected chi connectivity index (χ1v) is 4.86. The van der Waals surface area contributed by atoms with Crippen molar-refractivity contribution in [2.45, 2.75) is 18.9 Å². The molecule has 5 nitrogen and oxygen atoms in total. The molecule has 0 aliphatic carbocycles. The molecule has 0 aliphatic rings. The maximum absolute atomic E-state index is 13.3. The average Bonchev–Trinajstić information content (AvgIpc) is 2.26. The van der Waals surface area contributed by atoms with Crippen LogP contribution in [0.4, 0.5) is 10.1 Å². The first kappa shape index (κ1) is 12.5. The van der Waals surface area contributed by atoms with Gasteiger partial charge in [0, 0.05) is 30.3 Å². The maximum atomic E-state index is 13.3. The molecule has 0 amide bonds. The maximum Gasteiger partial charge on any atom is 0.269 e. The summed E-state index contributed by atoms with van der Waals surface area (Å²) >= 11 is 0. The lowest BCUT2D eigenvalue weighted by Gasteiger charge is -2.11. The Balaban J connectivity index is 2.92. The molecule has 1 aromatic rings. The number of rotatable bonds is 5. The van der Waals surface area contributed by atoms with E-state index in [0.717, 1.165) is 18.2 Å². The standard InChI is InChI=1S/C10H13FN2O3/c11-9-4-3-7(13(15)16)6-8(9)10(12)2-1-5-14/h3-4,6,10,14H,1-2,5,12H2/t10-/m0/s1. The summed E-state index contributed by atoms with van der Waals surface area (Å²) in [7, 11) is 0. The van der Waals surface area contributed by atoms with Gasteiger partial charge in [0.2, 0.25) is 0 Å². The average molecular weight is 228 g/mol. The Morgan fingerprint density at radius 2 is 2.25 bits per heavy atom. The number of benzene rings is 1. The van der Waals surface area contributed by atoms with Crippen LogP contribution in [-0.2, 0) is 0 Å². The molecule has 1 rings (SSSR count). The summed E-state index contributed by atoms with van der Waals surface area (Å²) in [6, 6.07) is 2.63. The Labute approximate surface area is 91.8 Å². The topological polar surface area (TPSA) is 89.4 Å². The highest BCUT2D eigenvalue weighted by atomic mass is 19.1. The van der Waals surface area contributed by atoms with Gasteiger partial charge in [0.05, 0.1) is 4.92 Å². The van der Waals surface area contributed by atoms with Crippen molar-refractivity contribution in [1.82, 2.24) is 0 Å². The van der Waals surface area contributed by atoms with Crippen LogP contribution in [-0.4, -0.2) is 16.6 Å². The van der Waals surface area contributed by atoms with Crippen molar-refractivity contribution in [1.29, 1.82) is 0 Å². The van der Waals surface area contributed by atoms with Crippen molar-refractivity contribution in [2.24, 2.45) is 5.73 Å². The van der Waals surface area contributed by atoms with Crippen molar-refractivity contribution < 1.29 is 14.4 Å². The van der Waals surface area contributed by atoms with Crippen molar-refractivity contribution in [3.8, 4) is 0 Å². The van der Waals surface area contributed by atoms with Crippen molar-refractivity contribution in [2.75, 3.05) is 6.61 Å². The lowest BCUT2D eigenvalue weighted by Crippen LogP contribution is -2.13. The third-order valence-electron chi connectivity index (χ3n) is 2.26. The number of nitrogens with two attached hydrogens (primary N) is 1. The number of hydrogen-bond acceptors (Lipinski definition) is 4. The first-order valence-electron chi connectivity index (χ1n) is 4.86. The molecule has 0 aromatic heterocycles. The fraction of sp³-hybridized carbons (Fsp3) is 0.400. The molecule has 0 radical (unpaired) electrons. The van der Waals surface area contributed by atoms with Crippen LogP contribution in [0.15, 0.2) is 18.2 Å². The van der Waals surface area contributed by atoms with Gasteiger partial charge in [-0.25, -0.2) is 4.39 Å². The quantitative estimate of drug-likeness (QED) is 0.590. The van der Waals surface area contributed by atoms with E-state index in [0.29, 0.717) is 12.8 Å². The van der Waals surface area contributed by atoms with E-state index >= 15 is 0 Å². The third kappa shape index (κ3) is 2.98. The van der Waals surface area contributed by atoms with Crippen LogP contribution in [0, 0.1) is 15.9 Å². The molecular formula is C10H13FN2O3. The van der Waals surface area contributed by atoms with E-state index in [4.69, 9.17) is 10.8 Å². The van der Waals surface area contributed by atoms with Crippen LogP contribution < -0.4 is 5.73 Å². The number of nitro benzene ring substituents is 1. The van der Waals surface area contributed by atoms with Gasteiger partial charge in [-0.1, -0.05) is 0 Å². The smallest absolute Gasteiger partial charge is 0.269 e. The first-order chi connectivity index (χ1) is 7.56. The minimum Gasteiger partial charge on any atom is -0.396 e. The van der Waals surface area contributed by atoms with E-state index in [9.17, 15) is 14.5 Å². The minimum atomic E-state index is -0.632. The Hall–Kier alpha value is -1.53. The highest BCUT2D eigenvalue weighted by Crippen LogP contribution is 2.23. The van der Waals surface area contributed by atoms with Gasteiger partial charge in [-0.3, -0.25) is 10.1 Å². The Morgan fingerprint density at radius 3 is 2.81 bits per heavy atom. The molecule has 16 heavy (non-hydrogen) atoms. The zero-order valence-electron chi connectivity index (χ0n) is 8.60. The molecule has 0 saturated heterocycles. The van der Waals surface area contributed by atoms with Gasteiger partial charge in [-0.05, 0) is 18.9 Å². The molecule has 0 spiro atoms. The van der Waals surface area contributed by atoms with Gasteiger partial charge in [0.25, 0.3) is 5.69 Å². The summed E-state index contributed by atoms with van der Waals surface area (Å²) < 4.78 is 13.3. The number of nitro groups is 1. The second-order valence-corrected chi connectivity index (χ2v) is 3.44. The van der Waals surface area contributed by atoms with Crippen LogP contribution in [0.2, 0.25) is 0 Å². The summed E-state index contributed by atoms with van der Waals surface area (Å²) in [5.74, 6) is -0.559. The van der Waals surface area contributed by atoms with Crippen molar-refractivity contribution >= 4 is 5.69 Å². The van der Waals surface area contributed by atoms with E-state index in [2.05, 4.69) is 0 Å². The summed E-state index contributed by atoms with van der Waals surface area (Å²) in [5.41, 5.74) is 5.61. The summed E-state index contributed by atoms with van der Waals surface area (Å²) in [6.45, 7) is -0.0375. The van der Waals surface area contributed by atoms with E-state index in [1.165, 1.54) is 0 Å². The predicted molar refractivity (Wildman–Crippen MR) is 56.3 cm³/mol. The normalized spacial score (nSPS) is 12.4. The van der Waals surface area contributed by atoms with Crippen LogP contribution in [0.1, 0.15) is 24.4 Å². The Morgan fingerprint density at radius 1 is 1.56 bits per heavy atom. The molecule has 88 valence electrons. The minimum absolute atomic E-state index is 0.0375. The van der Waals surface area contributed by atoms with Gasteiger partial charge in [-0.15, -0.1) is 0 Å². The van der Waals surface area contributed by atoms with Crippen molar-refractivity contribution in [3.05, 3.63) is 39.7 Å². The van der Waals surface area contributed by atoms with Gasteiger partial charge in [0.1, 0.15) is 5.82 Å². The number of hydrogen-bond donors (Lipinski definition) is 2. The number of non-ortho nitro benzene ring substituents is 1.